The Morgan fingerprint density at radius 2 is 2.20 bits per heavy atom. The molecule has 0 amide bonds. The molecular formula is C6H11NO2S. The van der Waals surface area contributed by atoms with Gasteiger partial charge in [-0.2, -0.15) is 10.6 Å². The van der Waals surface area contributed by atoms with E-state index >= 15 is 0 Å². The summed E-state index contributed by atoms with van der Waals surface area (Å²) in [6.45, 7) is 1.79. The quantitative estimate of drug-likeness (QED) is 0.629. The molecule has 4 heteroatoms. The highest BCUT2D eigenvalue weighted by Crippen LogP contribution is 2.69. The van der Waals surface area contributed by atoms with E-state index in [9.17, 15) is 0 Å². The van der Waals surface area contributed by atoms with Crippen molar-refractivity contribution in [3.63, 3.8) is 0 Å². The van der Waals surface area contributed by atoms with Gasteiger partial charge >= 0.3 is 0 Å². The van der Waals surface area contributed by atoms with Gasteiger partial charge in [-0.3, -0.25) is 8.37 Å². The van der Waals surface area contributed by atoms with E-state index in [2.05, 4.69) is 0 Å². The highest BCUT2D eigenvalue weighted by Gasteiger charge is 2.49. The van der Waals surface area contributed by atoms with Gasteiger partial charge in [0.05, 0.1) is 13.2 Å². The Bertz CT molecular complexity index is 154. The summed E-state index contributed by atoms with van der Waals surface area (Å²) in [5, 5.41) is 7.56. The average molecular weight is 161 g/mol. The standard InChI is InChI=1S/C6H11NO2S/c7-2-1-3-10-6(4-8-10)5-9-10/h2,6-7H,1,3-5H2. The van der Waals surface area contributed by atoms with E-state index in [4.69, 9.17) is 13.8 Å². The first-order valence-electron chi connectivity index (χ1n) is 3.45. The molecule has 0 saturated carbocycles. The van der Waals surface area contributed by atoms with Crippen LogP contribution in [-0.2, 0) is 8.37 Å². The van der Waals surface area contributed by atoms with Crippen molar-refractivity contribution in [1.29, 1.82) is 5.41 Å². The topological polar surface area (TPSA) is 42.3 Å². The van der Waals surface area contributed by atoms with Crippen LogP contribution in [-0.4, -0.2) is 30.4 Å². The second-order valence-electron chi connectivity index (χ2n) is 2.55. The van der Waals surface area contributed by atoms with Crippen LogP contribution in [0.15, 0.2) is 0 Å². The molecule has 2 aliphatic rings. The van der Waals surface area contributed by atoms with Crippen molar-refractivity contribution in [2.75, 3.05) is 19.0 Å². The maximum Gasteiger partial charge on any atom is 0.100 e. The summed E-state index contributed by atoms with van der Waals surface area (Å²) in [7, 11) is -1.05. The Morgan fingerprint density at radius 1 is 1.50 bits per heavy atom. The lowest BCUT2D eigenvalue weighted by molar-refractivity contribution is 0.109. The number of hydrogen-bond acceptors (Lipinski definition) is 3. The van der Waals surface area contributed by atoms with E-state index in [-0.39, 0.29) is 0 Å². The fourth-order valence-corrected chi connectivity index (χ4v) is 3.57. The highest BCUT2D eigenvalue weighted by molar-refractivity contribution is 8.28. The third kappa shape index (κ3) is 0.727. The van der Waals surface area contributed by atoms with E-state index in [0.29, 0.717) is 5.25 Å². The molecule has 0 atom stereocenters. The monoisotopic (exact) mass is 161 g/mol. The van der Waals surface area contributed by atoms with E-state index in [1.165, 1.54) is 6.21 Å². The lowest BCUT2D eigenvalue weighted by atomic mass is 10.5. The number of rotatable bonds is 3. The van der Waals surface area contributed by atoms with Crippen molar-refractivity contribution in [3.05, 3.63) is 0 Å². The highest BCUT2D eigenvalue weighted by atomic mass is 32.3. The van der Waals surface area contributed by atoms with Crippen LogP contribution in [0, 0.1) is 5.41 Å². The van der Waals surface area contributed by atoms with Crippen molar-refractivity contribution in [2.45, 2.75) is 11.7 Å². The van der Waals surface area contributed by atoms with Gasteiger partial charge in [-0.15, -0.1) is 0 Å². The minimum atomic E-state index is -1.05. The van der Waals surface area contributed by atoms with E-state index in [0.717, 1.165) is 25.4 Å². The van der Waals surface area contributed by atoms with Crippen LogP contribution < -0.4 is 0 Å². The molecule has 0 aromatic heterocycles. The van der Waals surface area contributed by atoms with Gasteiger partial charge in [0.1, 0.15) is 5.25 Å². The van der Waals surface area contributed by atoms with Gasteiger partial charge in [-0.25, -0.2) is 0 Å². The second-order valence-corrected chi connectivity index (χ2v) is 5.42. The molecule has 1 N–H and O–H groups in total. The fourth-order valence-electron chi connectivity index (χ4n) is 1.22. The van der Waals surface area contributed by atoms with E-state index in [1.54, 1.807) is 0 Å². The van der Waals surface area contributed by atoms with Crippen LogP contribution >= 0.6 is 10.6 Å². The Labute approximate surface area is 61.9 Å². The smallest absolute Gasteiger partial charge is 0.100 e. The van der Waals surface area contributed by atoms with Crippen molar-refractivity contribution in [2.24, 2.45) is 0 Å². The normalized spacial score (nSPS) is 49.4. The lowest BCUT2D eigenvalue weighted by Crippen LogP contribution is -2.51. The maximum absolute atomic E-state index is 6.85. The molecule has 2 saturated heterocycles. The largest absolute Gasteiger partial charge is 0.313 e. The Morgan fingerprint density at radius 3 is 2.50 bits per heavy atom. The van der Waals surface area contributed by atoms with Crippen molar-refractivity contribution in [1.82, 2.24) is 0 Å². The first kappa shape index (κ1) is 6.64. The molecule has 0 aromatic carbocycles. The molecule has 0 aromatic rings. The molecule has 2 rings (SSSR count). The summed E-state index contributed by atoms with van der Waals surface area (Å²) < 4.78 is 10.8. The Hall–Kier alpha value is -0.0600. The van der Waals surface area contributed by atoms with Crippen LogP contribution in [0.3, 0.4) is 0 Å². The zero-order valence-electron chi connectivity index (χ0n) is 5.71. The van der Waals surface area contributed by atoms with E-state index in [1.807, 2.05) is 0 Å². The molecule has 0 aliphatic carbocycles. The number of fused-ring (bicyclic) bond motifs is 1. The fraction of sp³-hybridized carbons (Fsp3) is 0.833. The van der Waals surface area contributed by atoms with Gasteiger partial charge in [0, 0.05) is 5.75 Å². The van der Waals surface area contributed by atoms with Gasteiger partial charge in [0.15, 0.2) is 0 Å². The first-order valence-corrected chi connectivity index (χ1v) is 5.16. The van der Waals surface area contributed by atoms with Crippen LogP contribution in [0.25, 0.3) is 0 Å². The summed E-state index contributed by atoms with van der Waals surface area (Å²) >= 11 is 0. The summed E-state index contributed by atoms with van der Waals surface area (Å²) in [5.74, 6) is 0.946. The Balaban J connectivity index is 1.85. The second kappa shape index (κ2) is 2.22. The summed E-state index contributed by atoms with van der Waals surface area (Å²) in [6.07, 6.45) is 2.24. The predicted octanol–water partition coefficient (Wildman–Crippen LogP) is 1.09. The van der Waals surface area contributed by atoms with Crippen LogP contribution in [0.4, 0.5) is 0 Å². The molecule has 10 heavy (non-hydrogen) atoms. The predicted molar refractivity (Wildman–Crippen MR) is 41.6 cm³/mol. The third-order valence-electron chi connectivity index (χ3n) is 1.96. The maximum atomic E-state index is 6.85. The zero-order chi connectivity index (χ0) is 7.03. The number of hydrogen-bond donors (Lipinski definition) is 1. The van der Waals surface area contributed by atoms with Gasteiger partial charge in [-0.05, 0) is 12.6 Å². The molecule has 2 heterocycles. The molecule has 0 unspecified atom stereocenters. The van der Waals surface area contributed by atoms with Crippen LogP contribution in [0.5, 0.6) is 0 Å². The van der Waals surface area contributed by atoms with Gasteiger partial charge in [0.2, 0.25) is 0 Å². The van der Waals surface area contributed by atoms with Gasteiger partial charge in [0.25, 0.3) is 0 Å². The summed E-state index contributed by atoms with van der Waals surface area (Å²) in [5.41, 5.74) is 0. The molecule has 58 valence electrons. The minimum Gasteiger partial charge on any atom is -0.313 e. The third-order valence-corrected chi connectivity index (χ3v) is 5.12. The number of nitrogens with one attached hydrogen (secondary N) is 1. The van der Waals surface area contributed by atoms with Crippen molar-refractivity contribution >= 4 is 16.8 Å². The molecule has 3 nitrogen and oxygen atoms in total. The summed E-state index contributed by atoms with van der Waals surface area (Å²) in [6, 6.07) is 0. The van der Waals surface area contributed by atoms with Crippen LogP contribution in [0.1, 0.15) is 6.42 Å². The molecular weight excluding hydrogens is 150 g/mol. The van der Waals surface area contributed by atoms with Crippen molar-refractivity contribution in [3.8, 4) is 0 Å². The Kier molecular flexibility index (Phi) is 1.47. The molecule has 0 spiro atoms. The van der Waals surface area contributed by atoms with Crippen molar-refractivity contribution < 1.29 is 8.37 Å². The lowest BCUT2D eigenvalue weighted by Gasteiger charge is -2.64. The SMILES string of the molecule is N=CCCS12OCC1CO2. The molecule has 2 aliphatic heterocycles. The molecule has 2 fully saturated rings. The van der Waals surface area contributed by atoms with E-state index < -0.39 is 10.6 Å². The zero-order valence-corrected chi connectivity index (χ0v) is 6.52. The van der Waals surface area contributed by atoms with Gasteiger partial charge in [-0.1, -0.05) is 0 Å². The molecule has 0 bridgehead atoms. The van der Waals surface area contributed by atoms with Gasteiger partial charge < -0.3 is 5.41 Å². The summed E-state index contributed by atoms with van der Waals surface area (Å²) in [4.78, 5) is 0. The minimum absolute atomic E-state index is 0.715. The van der Waals surface area contributed by atoms with Crippen LogP contribution in [0.2, 0.25) is 0 Å². The first-order chi connectivity index (χ1) is 4.87. The molecule has 0 radical (unpaired) electrons. The average Bonchev–Trinajstić information content (AvgIpc) is 1.95.